The summed E-state index contributed by atoms with van der Waals surface area (Å²) < 4.78 is 0. The molecule has 22 heavy (non-hydrogen) atoms. The van der Waals surface area contributed by atoms with Gasteiger partial charge in [0.15, 0.2) is 0 Å². The Labute approximate surface area is 133 Å². The molecule has 110 valence electrons. The monoisotopic (exact) mass is 310 g/mol. The number of benzene rings is 2. The van der Waals surface area contributed by atoms with Crippen molar-refractivity contribution in [2.75, 3.05) is 5.32 Å². The Kier molecular flexibility index (Phi) is 4.07. The molecule has 0 spiro atoms. The van der Waals surface area contributed by atoms with E-state index in [9.17, 15) is 4.79 Å². The SMILES string of the molecule is Cc1ccc2c(NC(=O)Cc3cccc(Cl)c3)cncc2c1. The van der Waals surface area contributed by atoms with E-state index in [1.54, 1.807) is 24.5 Å². The van der Waals surface area contributed by atoms with E-state index in [1.165, 1.54) is 0 Å². The lowest BCUT2D eigenvalue weighted by Gasteiger charge is -2.09. The van der Waals surface area contributed by atoms with Crippen molar-refractivity contribution >= 4 is 34.0 Å². The summed E-state index contributed by atoms with van der Waals surface area (Å²) in [4.78, 5) is 16.4. The van der Waals surface area contributed by atoms with Gasteiger partial charge in [-0.15, -0.1) is 0 Å². The maximum atomic E-state index is 12.2. The summed E-state index contributed by atoms with van der Waals surface area (Å²) >= 11 is 5.94. The van der Waals surface area contributed by atoms with Crippen LogP contribution in [0, 0.1) is 6.92 Å². The van der Waals surface area contributed by atoms with Crippen molar-refractivity contribution in [3.63, 3.8) is 0 Å². The highest BCUT2D eigenvalue weighted by molar-refractivity contribution is 6.30. The molecule has 1 amide bonds. The molecule has 0 saturated carbocycles. The van der Waals surface area contributed by atoms with Crippen molar-refractivity contribution in [3.8, 4) is 0 Å². The van der Waals surface area contributed by atoms with Gasteiger partial charge < -0.3 is 5.32 Å². The fourth-order valence-electron chi connectivity index (χ4n) is 2.42. The van der Waals surface area contributed by atoms with E-state index in [1.807, 2.05) is 31.2 Å². The molecule has 1 aromatic heterocycles. The Balaban J connectivity index is 1.82. The standard InChI is InChI=1S/C18H15ClN2O/c1-12-5-6-16-14(7-12)10-20-11-17(16)21-18(22)9-13-3-2-4-15(19)8-13/h2-8,10-11H,9H2,1H3,(H,21,22). The molecule has 3 rings (SSSR count). The van der Waals surface area contributed by atoms with Crippen LogP contribution in [0.2, 0.25) is 5.02 Å². The number of carbonyl (C=O) groups excluding carboxylic acids is 1. The average molecular weight is 311 g/mol. The number of aryl methyl sites for hydroxylation is 1. The highest BCUT2D eigenvalue weighted by atomic mass is 35.5. The summed E-state index contributed by atoms with van der Waals surface area (Å²) in [5.74, 6) is -0.0860. The Bertz CT molecular complexity index is 845. The molecule has 0 fully saturated rings. The van der Waals surface area contributed by atoms with Gasteiger partial charge in [-0.2, -0.15) is 0 Å². The van der Waals surface area contributed by atoms with E-state index >= 15 is 0 Å². The molecular weight excluding hydrogens is 296 g/mol. The second kappa shape index (κ2) is 6.16. The van der Waals surface area contributed by atoms with Gasteiger partial charge in [0, 0.05) is 22.0 Å². The molecular formula is C18H15ClN2O. The van der Waals surface area contributed by atoms with Crippen molar-refractivity contribution in [1.82, 2.24) is 4.98 Å². The topological polar surface area (TPSA) is 42.0 Å². The molecule has 0 aliphatic rings. The quantitative estimate of drug-likeness (QED) is 0.780. The zero-order valence-electron chi connectivity index (χ0n) is 12.1. The molecule has 4 heteroatoms. The summed E-state index contributed by atoms with van der Waals surface area (Å²) in [6.07, 6.45) is 3.76. The molecule has 0 unspecified atom stereocenters. The van der Waals surface area contributed by atoms with Crippen LogP contribution in [0.25, 0.3) is 10.8 Å². The third-order valence-electron chi connectivity index (χ3n) is 3.44. The number of nitrogens with zero attached hydrogens (tertiary/aromatic N) is 1. The molecule has 0 aliphatic heterocycles. The van der Waals surface area contributed by atoms with E-state index in [4.69, 9.17) is 11.6 Å². The minimum atomic E-state index is -0.0860. The summed E-state index contributed by atoms with van der Waals surface area (Å²) in [5, 5.41) is 5.56. The van der Waals surface area contributed by atoms with E-state index in [-0.39, 0.29) is 12.3 Å². The maximum Gasteiger partial charge on any atom is 0.228 e. The Morgan fingerprint density at radius 1 is 1.18 bits per heavy atom. The smallest absolute Gasteiger partial charge is 0.228 e. The molecule has 3 aromatic rings. The third-order valence-corrected chi connectivity index (χ3v) is 3.68. The number of aromatic nitrogens is 1. The van der Waals surface area contributed by atoms with E-state index < -0.39 is 0 Å². The fourth-order valence-corrected chi connectivity index (χ4v) is 2.64. The molecule has 0 saturated heterocycles. The van der Waals surface area contributed by atoms with Gasteiger partial charge in [-0.25, -0.2) is 0 Å². The number of hydrogen-bond acceptors (Lipinski definition) is 2. The Hall–Kier alpha value is -2.39. The van der Waals surface area contributed by atoms with Crippen LogP contribution in [0.1, 0.15) is 11.1 Å². The highest BCUT2D eigenvalue weighted by Gasteiger charge is 2.08. The second-order valence-corrected chi connectivity index (χ2v) is 5.70. The zero-order valence-corrected chi connectivity index (χ0v) is 12.9. The molecule has 0 bridgehead atoms. The normalized spacial score (nSPS) is 10.6. The summed E-state index contributed by atoms with van der Waals surface area (Å²) in [5.41, 5.74) is 2.77. The van der Waals surface area contributed by atoms with Crippen LogP contribution in [-0.2, 0) is 11.2 Å². The van der Waals surface area contributed by atoms with Crippen LogP contribution in [0.4, 0.5) is 5.69 Å². The van der Waals surface area contributed by atoms with Crippen LogP contribution < -0.4 is 5.32 Å². The van der Waals surface area contributed by atoms with Gasteiger partial charge in [0.1, 0.15) is 0 Å². The number of fused-ring (bicyclic) bond motifs is 1. The first-order valence-electron chi connectivity index (χ1n) is 7.00. The molecule has 0 radical (unpaired) electrons. The predicted octanol–water partition coefficient (Wildman–Crippen LogP) is 4.38. The first-order chi connectivity index (χ1) is 10.6. The minimum Gasteiger partial charge on any atom is -0.324 e. The van der Waals surface area contributed by atoms with Crippen molar-refractivity contribution in [3.05, 3.63) is 71.0 Å². The lowest BCUT2D eigenvalue weighted by Crippen LogP contribution is -2.14. The minimum absolute atomic E-state index is 0.0860. The number of rotatable bonds is 3. The molecule has 1 heterocycles. The number of amides is 1. The summed E-state index contributed by atoms with van der Waals surface area (Å²) in [7, 11) is 0. The van der Waals surface area contributed by atoms with Crippen LogP contribution in [0.3, 0.4) is 0 Å². The second-order valence-electron chi connectivity index (χ2n) is 5.27. The number of hydrogen-bond donors (Lipinski definition) is 1. The molecule has 0 aliphatic carbocycles. The van der Waals surface area contributed by atoms with Gasteiger partial charge in [0.05, 0.1) is 18.3 Å². The number of carbonyl (C=O) groups is 1. The van der Waals surface area contributed by atoms with Crippen molar-refractivity contribution in [2.24, 2.45) is 0 Å². The zero-order chi connectivity index (χ0) is 15.5. The van der Waals surface area contributed by atoms with Crippen molar-refractivity contribution in [1.29, 1.82) is 0 Å². The van der Waals surface area contributed by atoms with E-state index in [0.717, 1.165) is 27.6 Å². The van der Waals surface area contributed by atoms with E-state index in [2.05, 4.69) is 16.4 Å². The first-order valence-corrected chi connectivity index (χ1v) is 7.38. The largest absolute Gasteiger partial charge is 0.324 e. The molecule has 1 N–H and O–H groups in total. The fraction of sp³-hybridized carbons (Fsp3) is 0.111. The lowest BCUT2D eigenvalue weighted by atomic mass is 10.1. The summed E-state index contributed by atoms with van der Waals surface area (Å²) in [6.45, 7) is 2.03. The number of pyridine rings is 1. The van der Waals surface area contributed by atoms with Gasteiger partial charge in [-0.1, -0.05) is 41.4 Å². The van der Waals surface area contributed by atoms with Gasteiger partial charge in [-0.3, -0.25) is 9.78 Å². The number of nitrogens with one attached hydrogen (secondary N) is 1. The highest BCUT2D eigenvalue weighted by Crippen LogP contribution is 2.23. The van der Waals surface area contributed by atoms with Gasteiger partial charge in [0.2, 0.25) is 5.91 Å². The lowest BCUT2D eigenvalue weighted by molar-refractivity contribution is -0.115. The maximum absolute atomic E-state index is 12.2. The number of halogens is 1. The Morgan fingerprint density at radius 2 is 2.05 bits per heavy atom. The van der Waals surface area contributed by atoms with Crippen molar-refractivity contribution in [2.45, 2.75) is 13.3 Å². The van der Waals surface area contributed by atoms with Crippen LogP contribution in [0.5, 0.6) is 0 Å². The van der Waals surface area contributed by atoms with Crippen LogP contribution >= 0.6 is 11.6 Å². The Morgan fingerprint density at radius 3 is 2.86 bits per heavy atom. The molecule has 3 nitrogen and oxygen atoms in total. The van der Waals surface area contributed by atoms with Gasteiger partial charge >= 0.3 is 0 Å². The summed E-state index contributed by atoms with van der Waals surface area (Å²) in [6, 6.07) is 13.4. The number of anilines is 1. The van der Waals surface area contributed by atoms with E-state index in [0.29, 0.717) is 5.02 Å². The van der Waals surface area contributed by atoms with Gasteiger partial charge in [-0.05, 0) is 30.7 Å². The average Bonchev–Trinajstić information content (AvgIpc) is 2.47. The van der Waals surface area contributed by atoms with Crippen LogP contribution in [-0.4, -0.2) is 10.9 Å². The van der Waals surface area contributed by atoms with Crippen LogP contribution in [0.15, 0.2) is 54.9 Å². The predicted molar refractivity (Wildman–Crippen MR) is 90.3 cm³/mol. The first kappa shape index (κ1) is 14.5. The third kappa shape index (κ3) is 3.26. The van der Waals surface area contributed by atoms with Crippen molar-refractivity contribution < 1.29 is 4.79 Å². The molecule has 0 atom stereocenters. The van der Waals surface area contributed by atoms with Gasteiger partial charge in [0.25, 0.3) is 0 Å². The molecule has 2 aromatic carbocycles.